The van der Waals surface area contributed by atoms with E-state index in [1.54, 1.807) is 13.8 Å². The van der Waals surface area contributed by atoms with Crippen LogP contribution in [0.15, 0.2) is 0 Å². The van der Waals surface area contributed by atoms with Crippen LogP contribution in [0.4, 0.5) is 0 Å². The molecule has 0 fully saturated rings. The Bertz CT molecular complexity index is 597. The van der Waals surface area contributed by atoms with E-state index in [2.05, 4.69) is 10.6 Å². The van der Waals surface area contributed by atoms with E-state index in [-0.39, 0.29) is 0 Å². The molecule has 28 heavy (non-hydrogen) atoms. The van der Waals surface area contributed by atoms with Gasteiger partial charge in [-0.2, -0.15) is 0 Å². The van der Waals surface area contributed by atoms with Gasteiger partial charge in [0.2, 0.25) is 23.6 Å². The molecule has 13 heteroatoms. The molecule has 0 spiro atoms. The molecule has 0 radical (unpaired) electrons. The van der Waals surface area contributed by atoms with Gasteiger partial charge in [-0.05, 0) is 5.92 Å². The summed E-state index contributed by atoms with van der Waals surface area (Å²) < 4.78 is 0. The first-order valence-corrected chi connectivity index (χ1v) is 8.34. The molecule has 0 saturated carbocycles. The summed E-state index contributed by atoms with van der Waals surface area (Å²) in [6.07, 6.45) is -0.433. The van der Waals surface area contributed by atoms with Crippen LogP contribution in [-0.2, 0) is 24.0 Å². The molecule has 0 aromatic rings. The first-order valence-electron chi connectivity index (χ1n) is 8.34. The first kappa shape index (κ1) is 25.2. The van der Waals surface area contributed by atoms with Crippen LogP contribution in [0, 0.1) is 5.92 Å². The summed E-state index contributed by atoms with van der Waals surface area (Å²) in [4.78, 5) is 58.1. The van der Waals surface area contributed by atoms with Crippen molar-refractivity contribution < 1.29 is 39.3 Å². The highest BCUT2D eigenvalue weighted by Crippen LogP contribution is 2.04. The van der Waals surface area contributed by atoms with Crippen LogP contribution in [-0.4, -0.2) is 82.3 Å². The van der Waals surface area contributed by atoms with Crippen LogP contribution in [0.25, 0.3) is 0 Å². The predicted octanol–water partition coefficient (Wildman–Crippen LogP) is -4.63. The number of carbonyl (C=O) groups excluding carboxylic acids is 4. The van der Waals surface area contributed by atoms with Crippen molar-refractivity contribution in [1.82, 2.24) is 16.0 Å². The highest BCUT2D eigenvalue weighted by Gasteiger charge is 2.31. The minimum atomic E-state index is -1.62. The fourth-order valence-corrected chi connectivity index (χ4v) is 2.02. The fourth-order valence-electron chi connectivity index (χ4n) is 2.02. The van der Waals surface area contributed by atoms with Crippen LogP contribution in [0.3, 0.4) is 0 Å². The number of carboxylic acids is 1. The average Bonchev–Trinajstić information content (AvgIpc) is 2.59. The quantitative estimate of drug-likeness (QED) is 0.156. The van der Waals surface area contributed by atoms with Gasteiger partial charge in [-0.15, -0.1) is 0 Å². The zero-order valence-electron chi connectivity index (χ0n) is 15.5. The lowest BCUT2D eigenvalue weighted by Gasteiger charge is -2.26. The Morgan fingerprint density at radius 1 is 0.857 bits per heavy atom. The summed E-state index contributed by atoms with van der Waals surface area (Å²) >= 11 is 0. The molecule has 0 bridgehead atoms. The number of amides is 4. The number of aliphatic hydroxyl groups is 2. The topological polar surface area (TPSA) is 234 Å². The molecule has 10 N–H and O–H groups in total. The van der Waals surface area contributed by atoms with Crippen LogP contribution in [0.1, 0.15) is 20.3 Å². The summed E-state index contributed by atoms with van der Waals surface area (Å²) in [5.41, 5.74) is 10.5. The van der Waals surface area contributed by atoms with Crippen molar-refractivity contribution in [3.05, 3.63) is 0 Å². The van der Waals surface area contributed by atoms with E-state index in [1.807, 2.05) is 5.32 Å². The molecule has 0 aromatic heterocycles. The van der Waals surface area contributed by atoms with Crippen LogP contribution < -0.4 is 27.4 Å². The van der Waals surface area contributed by atoms with Gasteiger partial charge in [-0.25, -0.2) is 4.79 Å². The van der Waals surface area contributed by atoms with E-state index in [9.17, 15) is 29.1 Å². The van der Waals surface area contributed by atoms with Gasteiger partial charge in [-0.1, -0.05) is 13.8 Å². The molecule has 4 atom stereocenters. The van der Waals surface area contributed by atoms with Gasteiger partial charge >= 0.3 is 5.97 Å². The molecule has 0 aliphatic rings. The fraction of sp³-hybridized carbons (Fsp3) is 0.667. The number of carbonyl (C=O) groups is 5. The van der Waals surface area contributed by atoms with E-state index >= 15 is 0 Å². The lowest BCUT2D eigenvalue weighted by Crippen LogP contribution is -2.59. The average molecular weight is 405 g/mol. The van der Waals surface area contributed by atoms with Crippen molar-refractivity contribution in [3.63, 3.8) is 0 Å². The largest absolute Gasteiger partial charge is 0.480 e. The van der Waals surface area contributed by atoms with Crippen molar-refractivity contribution in [3.8, 4) is 0 Å². The monoisotopic (exact) mass is 405 g/mol. The Labute approximate surface area is 160 Å². The van der Waals surface area contributed by atoms with E-state index in [0.29, 0.717) is 0 Å². The van der Waals surface area contributed by atoms with Crippen LogP contribution in [0.2, 0.25) is 0 Å². The molecule has 160 valence electrons. The number of rotatable bonds is 12. The minimum Gasteiger partial charge on any atom is -0.480 e. The van der Waals surface area contributed by atoms with Gasteiger partial charge in [0.1, 0.15) is 18.1 Å². The number of aliphatic carboxylic acids is 1. The Hall–Kier alpha value is -2.77. The number of carboxylic acid groups (broad SMARTS) is 1. The van der Waals surface area contributed by atoms with Crippen molar-refractivity contribution in [2.45, 2.75) is 44.4 Å². The third-order valence-electron chi connectivity index (χ3n) is 3.62. The van der Waals surface area contributed by atoms with Gasteiger partial charge in [0.25, 0.3) is 0 Å². The normalized spacial score (nSPS) is 15.1. The molecule has 0 aliphatic carbocycles. The SMILES string of the molecule is CC(C)C(NC(=O)C(N)CC(N)=O)C(=O)NC(CO)C(=O)NC(CO)C(=O)O. The maximum absolute atomic E-state index is 12.4. The van der Waals surface area contributed by atoms with Gasteiger partial charge in [-0.3, -0.25) is 19.2 Å². The molecule has 0 aromatic carbocycles. The highest BCUT2D eigenvalue weighted by atomic mass is 16.4. The molecular formula is C15H27N5O8. The van der Waals surface area contributed by atoms with E-state index < -0.39 is 79.3 Å². The molecule has 0 saturated heterocycles. The van der Waals surface area contributed by atoms with Crippen LogP contribution >= 0.6 is 0 Å². The van der Waals surface area contributed by atoms with Crippen LogP contribution in [0.5, 0.6) is 0 Å². The summed E-state index contributed by atoms with van der Waals surface area (Å²) in [6.45, 7) is 1.42. The number of hydrogen-bond donors (Lipinski definition) is 8. The molecule has 4 unspecified atom stereocenters. The second-order valence-corrected chi connectivity index (χ2v) is 6.33. The third kappa shape index (κ3) is 8.28. The van der Waals surface area contributed by atoms with Gasteiger partial charge in [0, 0.05) is 0 Å². The van der Waals surface area contributed by atoms with Crippen molar-refractivity contribution >= 4 is 29.6 Å². The number of hydrogen-bond acceptors (Lipinski definition) is 8. The third-order valence-corrected chi connectivity index (χ3v) is 3.62. The Morgan fingerprint density at radius 3 is 1.75 bits per heavy atom. The number of primary amides is 1. The lowest BCUT2D eigenvalue weighted by molar-refractivity contribution is -0.143. The van der Waals surface area contributed by atoms with E-state index in [1.165, 1.54) is 0 Å². The van der Waals surface area contributed by atoms with E-state index in [4.69, 9.17) is 21.7 Å². The second-order valence-electron chi connectivity index (χ2n) is 6.33. The van der Waals surface area contributed by atoms with Gasteiger partial charge in [0.05, 0.1) is 25.7 Å². The lowest BCUT2D eigenvalue weighted by atomic mass is 10.0. The number of nitrogens with two attached hydrogens (primary N) is 2. The Morgan fingerprint density at radius 2 is 1.36 bits per heavy atom. The summed E-state index contributed by atoms with van der Waals surface area (Å²) in [7, 11) is 0. The highest BCUT2D eigenvalue weighted by molar-refractivity contribution is 5.95. The zero-order chi connectivity index (χ0) is 22.0. The Kier molecular flexibility index (Phi) is 10.7. The summed E-state index contributed by atoms with van der Waals surface area (Å²) in [6, 6.07) is -5.59. The maximum atomic E-state index is 12.4. The standard InChI is InChI=1S/C15H27N5O8/c1-6(2)11(20-12(24)7(16)3-10(17)23)14(26)18-8(4-21)13(25)19-9(5-22)15(27)28/h6-9,11,21-22H,3-5,16H2,1-2H3,(H2,17,23)(H,18,26)(H,19,25)(H,20,24)(H,27,28). The summed E-state index contributed by atoms with van der Waals surface area (Å²) in [5.74, 6) is -5.48. The molecular weight excluding hydrogens is 378 g/mol. The predicted molar refractivity (Wildman–Crippen MR) is 94.2 cm³/mol. The van der Waals surface area contributed by atoms with Crippen molar-refractivity contribution in [2.75, 3.05) is 13.2 Å². The molecule has 0 rings (SSSR count). The first-order chi connectivity index (χ1) is 12.9. The van der Waals surface area contributed by atoms with Crippen molar-refractivity contribution in [1.29, 1.82) is 0 Å². The minimum absolute atomic E-state index is 0.433. The van der Waals surface area contributed by atoms with Crippen molar-refractivity contribution in [2.24, 2.45) is 17.4 Å². The molecule has 4 amide bonds. The Balaban J connectivity index is 5.09. The molecule has 0 heterocycles. The van der Waals surface area contributed by atoms with Gasteiger partial charge < -0.3 is 42.7 Å². The van der Waals surface area contributed by atoms with Gasteiger partial charge in [0.15, 0.2) is 0 Å². The second kappa shape index (κ2) is 11.8. The number of nitrogens with one attached hydrogen (secondary N) is 3. The van der Waals surface area contributed by atoms with E-state index in [0.717, 1.165) is 0 Å². The molecule has 0 aliphatic heterocycles. The molecule has 13 nitrogen and oxygen atoms in total. The maximum Gasteiger partial charge on any atom is 0.328 e. The zero-order valence-corrected chi connectivity index (χ0v) is 15.5. The smallest absolute Gasteiger partial charge is 0.328 e. The number of aliphatic hydroxyl groups excluding tert-OH is 2. The summed E-state index contributed by atoms with van der Waals surface area (Å²) in [5, 5.41) is 33.5.